The molecule has 1 heterocycles. The van der Waals surface area contributed by atoms with Crippen LogP contribution in [0.25, 0.3) is 60.9 Å². The van der Waals surface area contributed by atoms with Crippen molar-refractivity contribution in [2.75, 3.05) is 4.90 Å². The molecule has 0 bridgehead atoms. The van der Waals surface area contributed by atoms with Crippen molar-refractivity contribution in [2.45, 2.75) is 19.3 Å². The van der Waals surface area contributed by atoms with Crippen LogP contribution in [-0.2, 0) is 5.41 Å². The first-order valence-electron chi connectivity index (χ1n) is 22.6. The van der Waals surface area contributed by atoms with E-state index in [2.05, 4.69) is 266 Å². The Morgan fingerprint density at radius 1 is 0.354 bits per heavy atom. The number of fused-ring (bicyclic) bond motifs is 6. The maximum absolute atomic E-state index is 2.48. The van der Waals surface area contributed by atoms with E-state index in [9.17, 15) is 0 Å². The highest BCUT2D eigenvalue weighted by Crippen LogP contribution is 2.57. The van der Waals surface area contributed by atoms with Crippen LogP contribution >= 0.6 is 0 Å². The van der Waals surface area contributed by atoms with Gasteiger partial charge in [-0.3, -0.25) is 0 Å². The molecule has 0 fully saturated rings. The normalized spacial score (nSPS) is 12.6. The summed E-state index contributed by atoms with van der Waals surface area (Å²) in [5, 5.41) is 2.50. The van der Waals surface area contributed by atoms with E-state index < -0.39 is 5.41 Å². The highest BCUT2D eigenvalue weighted by atomic mass is 15.1. The van der Waals surface area contributed by atoms with Crippen LogP contribution < -0.4 is 4.90 Å². The fourth-order valence-electron chi connectivity index (χ4n) is 10.8. The molecule has 11 aromatic rings. The van der Waals surface area contributed by atoms with E-state index in [1.54, 1.807) is 0 Å². The number of aryl methyl sites for hydroxylation is 2. The molecule has 0 aliphatic heterocycles. The Balaban J connectivity index is 1.00. The molecular formula is C63H46N2. The third-order valence-electron chi connectivity index (χ3n) is 13.7. The van der Waals surface area contributed by atoms with Gasteiger partial charge < -0.3 is 9.47 Å². The van der Waals surface area contributed by atoms with Gasteiger partial charge in [-0.25, -0.2) is 0 Å². The zero-order valence-corrected chi connectivity index (χ0v) is 36.5. The fourth-order valence-corrected chi connectivity index (χ4v) is 10.8. The first-order valence-corrected chi connectivity index (χ1v) is 22.6. The Bertz CT molecular complexity index is 3500. The van der Waals surface area contributed by atoms with Gasteiger partial charge in [0.25, 0.3) is 0 Å². The molecule has 308 valence electrons. The molecule has 12 rings (SSSR count). The number of nitrogens with zero attached hydrogens (tertiary/aromatic N) is 2. The third-order valence-corrected chi connectivity index (χ3v) is 13.7. The minimum absolute atomic E-state index is 0.501. The molecule has 10 aromatic carbocycles. The van der Waals surface area contributed by atoms with Gasteiger partial charge in [-0.2, -0.15) is 0 Å². The second-order valence-electron chi connectivity index (χ2n) is 17.4. The van der Waals surface area contributed by atoms with Gasteiger partial charge in [-0.1, -0.05) is 182 Å². The molecule has 0 unspecified atom stereocenters. The molecule has 0 saturated carbocycles. The molecule has 0 atom stereocenters. The summed E-state index contributed by atoms with van der Waals surface area (Å²) < 4.78 is 2.38. The van der Waals surface area contributed by atoms with E-state index in [1.807, 2.05) is 0 Å². The van der Waals surface area contributed by atoms with Gasteiger partial charge in [0.1, 0.15) is 0 Å². The predicted molar refractivity (Wildman–Crippen MR) is 273 cm³/mol. The number of rotatable bonds is 8. The lowest BCUT2D eigenvalue weighted by molar-refractivity contribution is 0.768. The summed E-state index contributed by atoms with van der Waals surface area (Å²) in [7, 11) is 0. The molecule has 2 nitrogen and oxygen atoms in total. The molecule has 65 heavy (non-hydrogen) atoms. The Hall–Kier alpha value is -8.20. The number of hydrogen-bond acceptors (Lipinski definition) is 1. The maximum Gasteiger partial charge on any atom is 0.0714 e. The van der Waals surface area contributed by atoms with Gasteiger partial charge in [-0.15, -0.1) is 0 Å². The molecule has 0 saturated heterocycles. The number of aromatic nitrogens is 1. The summed E-state index contributed by atoms with van der Waals surface area (Å²) in [6.07, 6.45) is 0. The second kappa shape index (κ2) is 15.6. The summed E-state index contributed by atoms with van der Waals surface area (Å²) in [6.45, 7) is 4.47. The Morgan fingerprint density at radius 2 is 0.892 bits per heavy atom. The van der Waals surface area contributed by atoms with Gasteiger partial charge >= 0.3 is 0 Å². The van der Waals surface area contributed by atoms with E-state index in [0.717, 1.165) is 11.4 Å². The van der Waals surface area contributed by atoms with Crippen LogP contribution in [0.15, 0.2) is 243 Å². The summed E-state index contributed by atoms with van der Waals surface area (Å²) in [4.78, 5) is 2.48. The maximum atomic E-state index is 2.48. The van der Waals surface area contributed by atoms with E-state index in [0.29, 0.717) is 0 Å². The Kier molecular flexibility index (Phi) is 9.21. The van der Waals surface area contributed by atoms with Gasteiger partial charge in [0.15, 0.2) is 0 Å². The zero-order chi connectivity index (χ0) is 43.5. The first kappa shape index (κ1) is 38.5. The fraction of sp³-hybridized carbons (Fsp3) is 0.0476. The zero-order valence-electron chi connectivity index (χ0n) is 36.5. The molecular weight excluding hydrogens is 785 g/mol. The highest BCUT2D eigenvalue weighted by Gasteiger charge is 2.46. The first-order chi connectivity index (χ1) is 32.1. The van der Waals surface area contributed by atoms with Crippen LogP contribution in [0.4, 0.5) is 17.1 Å². The van der Waals surface area contributed by atoms with Crippen molar-refractivity contribution < 1.29 is 0 Å². The van der Waals surface area contributed by atoms with Gasteiger partial charge in [-0.05, 0) is 141 Å². The van der Waals surface area contributed by atoms with E-state index >= 15 is 0 Å². The largest absolute Gasteiger partial charge is 0.310 e. The minimum Gasteiger partial charge on any atom is -0.310 e. The smallest absolute Gasteiger partial charge is 0.0714 e. The van der Waals surface area contributed by atoms with Crippen LogP contribution in [-0.4, -0.2) is 4.57 Å². The van der Waals surface area contributed by atoms with Crippen LogP contribution in [0.1, 0.15) is 33.4 Å². The molecule has 0 spiro atoms. The highest BCUT2D eigenvalue weighted by molar-refractivity contribution is 6.10. The summed E-state index contributed by atoms with van der Waals surface area (Å²) >= 11 is 0. The lowest BCUT2D eigenvalue weighted by Crippen LogP contribution is -2.28. The Morgan fingerprint density at radius 3 is 1.62 bits per heavy atom. The summed E-state index contributed by atoms with van der Waals surface area (Å²) in [5.74, 6) is 0. The lowest BCUT2D eigenvalue weighted by Gasteiger charge is -2.35. The number of hydrogen-bond donors (Lipinski definition) is 0. The topological polar surface area (TPSA) is 8.17 Å². The van der Waals surface area contributed by atoms with E-state index in [1.165, 1.54) is 99.9 Å². The van der Waals surface area contributed by atoms with E-state index in [4.69, 9.17) is 0 Å². The van der Waals surface area contributed by atoms with E-state index in [-0.39, 0.29) is 0 Å². The third kappa shape index (κ3) is 6.17. The summed E-state index contributed by atoms with van der Waals surface area (Å²) in [5.41, 5.74) is 21.4. The van der Waals surface area contributed by atoms with Crippen LogP contribution in [0.3, 0.4) is 0 Å². The van der Waals surface area contributed by atoms with Crippen molar-refractivity contribution >= 4 is 38.9 Å². The van der Waals surface area contributed by atoms with Crippen molar-refractivity contribution in [3.8, 4) is 39.1 Å². The van der Waals surface area contributed by atoms with Crippen molar-refractivity contribution in [3.63, 3.8) is 0 Å². The molecule has 0 radical (unpaired) electrons. The number of anilines is 3. The molecule has 1 aromatic heterocycles. The van der Waals surface area contributed by atoms with Crippen LogP contribution in [0, 0.1) is 13.8 Å². The van der Waals surface area contributed by atoms with Crippen LogP contribution in [0.5, 0.6) is 0 Å². The lowest BCUT2D eigenvalue weighted by atomic mass is 9.67. The number of para-hydroxylation sites is 3. The molecule has 1 aliphatic rings. The van der Waals surface area contributed by atoms with Gasteiger partial charge in [0.2, 0.25) is 0 Å². The average Bonchev–Trinajstić information content (AvgIpc) is 3.86. The van der Waals surface area contributed by atoms with Gasteiger partial charge in [0.05, 0.1) is 22.1 Å². The molecule has 0 N–H and O–H groups in total. The second-order valence-corrected chi connectivity index (χ2v) is 17.4. The van der Waals surface area contributed by atoms with Crippen molar-refractivity contribution in [3.05, 3.63) is 276 Å². The standard InChI is InChI=1S/C63H46N2/c1-43-19-16-20-44(2)62(43)64(53-36-37-55-54-31-12-14-33-58(54)63(59(55)42-53,49-24-6-3-7-25-49)50-26-8-4-9-27-50)52-30-18-23-47(40-52)45-21-17-22-46(39-45)48-35-38-61-57(41-48)56-32-13-15-34-60(56)65(61)51-28-10-5-11-29-51/h3-42H,1-2H3. The quantitative estimate of drug-likeness (QED) is 0.148. The van der Waals surface area contributed by atoms with Crippen molar-refractivity contribution in [1.29, 1.82) is 0 Å². The SMILES string of the molecule is Cc1cccc(C)c1N(c1cccc(-c2cccc(-c3ccc4c(c3)c3ccccc3n4-c3ccccc3)c2)c1)c1ccc2c(c1)C(c1ccccc1)(c1ccccc1)c1ccccc1-2. The van der Waals surface area contributed by atoms with Gasteiger partial charge in [0, 0.05) is 27.8 Å². The van der Waals surface area contributed by atoms with Crippen molar-refractivity contribution in [1.82, 2.24) is 4.57 Å². The Labute approximate surface area is 381 Å². The van der Waals surface area contributed by atoms with Crippen molar-refractivity contribution in [2.24, 2.45) is 0 Å². The average molecular weight is 831 g/mol. The minimum atomic E-state index is -0.501. The van der Waals surface area contributed by atoms with Crippen LogP contribution in [0.2, 0.25) is 0 Å². The molecule has 1 aliphatic carbocycles. The molecule has 2 heteroatoms. The summed E-state index contributed by atoms with van der Waals surface area (Å²) in [6, 6.07) is 89.4. The monoisotopic (exact) mass is 830 g/mol. The predicted octanol–water partition coefficient (Wildman–Crippen LogP) is 16.6. The number of benzene rings is 10. The molecule has 0 amide bonds.